The summed E-state index contributed by atoms with van der Waals surface area (Å²) < 4.78 is 5.09. The highest BCUT2D eigenvalue weighted by molar-refractivity contribution is 5.84. The van der Waals surface area contributed by atoms with Crippen LogP contribution in [0.4, 0.5) is 0 Å². The van der Waals surface area contributed by atoms with Crippen LogP contribution in [0.15, 0.2) is 0 Å². The predicted molar refractivity (Wildman–Crippen MR) is 113 cm³/mol. The molecule has 4 bridgehead atoms. The maximum atomic E-state index is 12.5. The topological polar surface area (TPSA) is 84.5 Å². The molecular weight excluding hydrogens is 380 g/mol. The first-order valence-electron chi connectivity index (χ1n) is 12.0. The Morgan fingerprint density at radius 3 is 2.20 bits per heavy atom. The summed E-state index contributed by atoms with van der Waals surface area (Å²) in [6.45, 7) is 3.95. The fourth-order valence-electron chi connectivity index (χ4n) is 7.31. The Hall–Kier alpha value is -1.59. The van der Waals surface area contributed by atoms with Crippen molar-refractivity contribution in [3.8, 4) is 0 Å². The molecule has 5 aliphatic rings. The lowest BCUT2D eigenvalue weighted by Gasteiger charge is -2.56. The quantitative estimate of drug-likeness (QED) is 0.622. The minimum absolute atomic E-state index is 0.0524. The van der Waals surface area contributed by atoms with E-state index < -0.39 is 5.97 Å². The molecule has 0 spiro atoms. The number of ether oxygens (including phenoxy) is 1. The molecule has 3 atom stereocenters. The molecule has 5 rings (SSSR count). The fraction of sp³-hybridized carbons (Fsp3) is 0.875. The zero-order chi connectivity index (χ0) is 21.3. The van der Waals surface area contributed by atoms with Crippen molar-refractivity contribution < 1.29 is 19.1 Å². The molecule has 0 heterocycles. The summed E-state index contributed by atoms with van der Waals surface area (Å²) >= 11 is 0. The molecule has 0 saturated heterocycles. The zero-order valence-corrected chi connectivity index (χ0v) is 18.6. The van der Waals surface area contributed by atoms with Crippen LogP contribution in [0.1, 0.15) is 78.1 Å². The van der Waals surface area contributed by atoms with Crippen LogP contribution in [-0.2, 0) is 19.1 Å². The van der Waals surface area contributed by atoms with Gasteiger partial charge in [0.25, 0.3) is 5.91 Å². The SMILES string of the molecule is C[C@@H]1[C@H](C)CCC[C@@H]1NC(=O)COC(=O)CNC(=O)CC12CC3CC(CC(C3)C1)C2. The second kappa shape index (κ2) is 8.88. The molecule has 0 unspecified atom stereocenters. The summed E-state index contributed by atoms with van der Waals surface area (Å²) in [7, 11) is 0. The lowest BCUT2D eigenvalue weighted by molar-refractivity contribution is -0.149. The first-order chi connectivity index (χ1) is 14.3. The normalized spacial score (nSPS) is 39.4. The molecule has 5 aliphatic carbocycles. The van der Waals surface area contributed by atoms with Crippen molar-refractivity contribution in [2.45, 2.75) is 84.1 Å². The molecule has 0 aliphatic heterocycles. The molecule has 0 aromatic heterocycles. The van der Waals surface area contributed by atoms with E-state index in [0.29, 0.717) is 18.3 Å². The van der Waals surface area contributed by atoms with Gasteiger partial charge in [0.15, 0.2) is 6.61 Å². The standard InChI is InChI=1S/C24H38N2O4/c1-15-4-3-5-20(16(15)2)26-22(28)14-30-23(29)13-25-21(27)12-24-9-17-6-18(10-24)8-19(7-17)11-24/h15-20H,3-14H2,1-2H3,(H,25,27)(H,26,28)/t15-,16-,17?,18?,19?,20+,24?/m1/s1. The fourth-order valence-corrected chi connectivity index (χ4v) is 7.31. The first-order valence-corrected chi connectivity index (χ1v) is 12.0. The third-order valence-corrected chi connectivity index (χ3v) is 8.55. The van der Waals surface area contributed by atoms with Gasteiger partial charge in [-0.15, -0.1) is 0 Å². The van der Waals surface area contributed by atoms with Gasteiger partial charge in [0.1, 0.15) is 6.54 Å². The van der Waals surface area contributed by atoms with E-state index in [0.717, 1.165) is 30.6 Å². The highest BCUT2D eigenvalue weighted by Gasteiger charge is 2.51. The van der Waals surface area contributed by atoms with Gasteiger partial charge in [-0.05, 0) is 80.0 Å². The van der Waals surface area contributed by atoms with Gasteiger partial charge in [0.2, 0.25) is 5.91 Å². The molecule has 0 radical (unpaired) electrons. The molecule has 5 fully saturated rings. The number of nitrogens with one attached hydrogen (secondary N) is 2. The van der Waals surface area contributed by atoms with Gasteiger partial charge in [0, 0.05) is 12.5 Å². The van der Waals surface area contributed by atoms with E-state index in [1.54, 1.807) is 0 Å². The Labute approximate surface area is 180 Å². The highest BCUT2D eigenvalue weighted by atomic mass is 16.5. The third kappa shape index (κ3) is 5.00. The van der Waals surface area contributed by atoms with E-state index in [9.17, 15) is 14.4 Å². The van der Waals surface area contributed by atoms with Crippen molar-refractivity contribution in [2.24, 2.45) is 35.0 Å². The Balaban J connectivity index is 1.14. The third-order valence-electron chi connectivity index (χ3n) is 8.55. The molecule has 2 N–H and O–H groups in total. The van der Waals surface area contributed by atoms with Crippen molar-refractivity contribution >= 4 is 17.8 Å². The van der Waals surface area contributed by atoms with Gasteiger partial charge < -0.3 is 15.4 Å². The number of rotatable bonds is 7. The van der Waals surface area contributed by atoms with Gasteiger partial charge in [-0.25, -0.2) is 0 Å². The van der Waals surface area contributed by atoms with Crippen LogP contribution in [0.2, 0.25) is 0 Å². The van der Waals surface area contributed by atoms with Crippen LogP contribution in [0.3, 0.4) is 0 Å². The van der Waals surface area contributed by atoms with E-state index in [1.807, 2.05) is 0 Å². The Kier molecular flexibility index (Phi) is 6.40. The predicted octanol–water partition coefficient (Wildman–Crippen LogP) is 3.19. The van der Waals surface area contributed by atoms with E-state index in [2.05, 4.69) is 24.5 Å². The molecule has 0 aromatic carbocycles. The lowest BCUT2D eigenvalue weighted by atomic mass is 9.49. The number of hydrogen-bond donors (Lipinski definition) is 2. The Morgan fingerprint density at radius 1 is 0.933 bits per heavy atom. The summed E-state index contributed by atoms with van der Waals surface area (Å²) in [4.78, 5) is 36.7. The summed E-state index contributed by atoms with van der Waals surface area (Å²) in [5.74, 6) is 2.59. The molecule has 6 heteroatoms. The zero-order valence-electron chi connectivity index (χ0n) is 18.6. The monoisotopic (exact) mass is 418 g/mol. The van der Waals surface area contributed by atoms with Crippen molar-refractivity contribution in [1.82, 2.24) is 10.6 Å². The summed E-state index contributed by atoms with van der Waals surface area (Å²) in [6, 6.07) is 0.153. The van der Waals surface area contributed by atoms with Crippen LogP contribution >= 0.6 is 0 Å². The molecule has 2 amide bonds. The van der Waals surface area contributed by atoms with Crippen molar-refractivity contribution in [3.63, 3.8) is 0 Å². The van der Waals surface area contributed by atoms with E-state index >= 15 is 0 Å². The molecule has 0 aromatic rings. The van der Waals surface area contributed by atoms with Crippen molar-refractivity contribution in [3.05, 3.63) is 0 Å². The van der Waals surface area contributed by atoms with Crippen LogP contribution in [0.5, 0.6) is 0 Å². The molecule has 5 saturated carbocycles. The largest absolute Gasteiger partial charge is 0.454 e. The number of amides is 2. The number of carbonyl (C=O) groups is 3. The molecule has 168 valence electrons. The van der Waals surface area contributed by atoms with Crippen molar-refractivity contribution in [2.75, 3.05) is 13.2 Å². The van der Waals surface area contributed by atoms with Crippen LogP contribution in [0.25, 0.3) is 0 Å². The van der Waals surface area contributed by atoms with E-state index in [1.165, 1.54) is 44.9 Å². The smallest absolute Gasteiger partial charge is 0.325 e. The van der Waals surface area contributed by atoms with E-state index in [4.69, 9.17) is 4.74 Å². The number of carbonyl (C=O) groups excluding carboxylic acids is 3. The first kappa shape index (κ1) is 21.6. The van der Waals surface area contributed by atoms with Gasteiger partial charge in [-0.1, -0.05) is 26.7 Å². The summed E-state index contributed by atoms with van der Waals surface area (Å²) in [6.07, 6.45) is 11.4. The maximum Gasteiger partial charge on any atom is 0.325 e. The van der Waals surface area contributed by atoms with Crippen LogP contribution < -0.4 is 10.6 Å². The van der Waals surface area contributed by atoms with Gasteiger partial charge in [-0.2, -0.15) is 0 Å². The molecule has 30 heavy (non-hydrogen) atoms. The van der Waals surface area contributed by atoms with Crippen molar-refractivity contribution in [1.29, 1.82) is 0 Å². The molecular formula is C24H38N2O4. The molecule has 6 nitrogen and oxygen atoms in total. The second-order valence-corrected chi connectivity index (χ2v) is 11.0. The highest BCUT2D eigenvalue weighted by Crippen LogP contribution is 2.61. The Bertz CT molecular complexity index is 641. The van der Waals surface area contributed by atoms with E-state index in [-0.39, 0.29) is 36.4 Å². The van der Waals surface area contributed by atoms with Gasteiger partial charge >= 0.3 is 5.97 Å². The summed E-state index contributed by atoms with van der Waals surface area (Å²) in [5.41, 5.74) is 0.163. The van der Waals surface area contributed by atoms with Gasteiger partial charge in [0.05, 0.1) is 0 Å². The average molecular weight is 419 g/mol. The summed E-state index contributed by atoms with van der Waals surface area (Å²) in [5, 5.41) is 5.73. The van der Waals surface area contributed by atoms with Crippen LogP contribution in [0, 0.1) is 35.0 Å². The Morgan fingerprint density at radius 2 is 1.57 bits per heavy atom. The van der Waals surface area contributed by atoms with Gasteiger partial charge in [-0.3, -0.25) is 14.4 Å². The minimum Gasteiger partial charge on any atom is -0.454 e. The average Bonchev–Trinajstić information content (AvgIpc) is 2.67. The van der Waals surface area contributed by atoms with Crippen LogP contribution in [-0.4, -0.2) is 37.0 Å². The maximum absolute atomic E-state index is 12.5. The number of esters is 1. The minimum atomic E-state index is -0.547. The number of hydrogen-bond acceptors (Lipinski definition) is 4. The second-order valence-electron chi connectivity index (χ2n) is 11.0. The lowest BCUT2D eigenvalue weighted by Crippen LogP contribution is -2.48.